The fourth-order valence-corrected chi connectivity index (χ4v) is 2.24. The van der Waals surface area contributed by atoms with Crippen LogP contribution in [0.25, 0.3) is 0 Å². The number of aromatic nitrogens is 1. The summed E-state index contributed by atoms with van der Waals surface area (Å²) in [5.41, 5.74) is 6.68. The van der Waals surface area contributed by atoms with E-state index in [9.17, 15) is 9.59 Å². The Morgan fingerprint density at radius 1 is 1.35 bits per heavy atom. The van der Waals surface area contributed by atoms with Crippen molar-refractivity contribution in [3.8, 4) is 0 Å². The highest BCUT2D eigenvalue weighted by Gasteiger charge is 2.17. The summed E-state index contributed by atoms with van der Waals surface area (Å²) in [6, 6.07) is 3.30. The van der Waals surface area contributed by atoms with E-state index in [-0.39, 0.29) is 11.8 Å². The molecule has 2 rings (SSSR count). The quantitative estimate of drug-likeness (QED) is 0.808. The van der Waals surface area contributed by atoms with Gasteiger partial charge in [0.2, 0.25) is 5.91 Å². The number of carbonyl (C=O) groups excluding carboxylic acids is 2. The molecule has 0 aliphatic carbocycles. The minimum absolute atomic E-state index is 0.111. The first-order chi connectivity index (χ1) is 9.70. The smallest absolute Gasteiger partial charge is 0.251 e. The van der Waals surface area contributed by atoms with Gasteiger partial charge in [0.1, 0.15) is 0 Å². The zero-order valence-corrected chi connectivity index (χ0v) is 11.5. The van der Waals surface area contributed by atoms with Crippen molar-refractivity contribution in [2.45, 2.75) is 25.8 Å². The number of hydrogen-bond donors (Lipinski definition) is 2. The van der Waals surface area contributed by atoms with E-state index in [1.807, 2.05) is 4.90 Å². The Morgan fingerprint density at radius 3 is 2.80 bits per heavy atom. The number of likely N-dealkylation sites (tertiary alicyclic amines) is 1. The second-order valence-electron chi connectivity index (χ2n) is 4.83. The van der Waals surface area contributed by atoms with Gasteiger partial charge < -0.3 is 16.0 Å². The van der Waals surface area contributed by atoms with Gasteiger partial charge in [0, 0.05) is 44.4 Å². The molecular weight excluding hydrogens is 256 g/mol. The molecule has 2 heterocycles. The number of hydrogen-bond acceptors (Lipinski definition) is 4. The Balaban J connectivity index is 1.78. The van der Waals surface area contributed by atoms with Gasteiger partial charge in [0.15, 0.2) is 0 Å². The molecule has 0 saturated carbocycles. The highest BCUT2D eigenvalue weighted by molar-refractivity contribution is 5.94. The number of nitrogens with one attached hydrogen (secondary N) is 1. The molecule has 0 bridgehead atoms. The van der Waals surface area contributed by atoms with Crippen LogP contribution in [0.5, 0.6) is 0 Å². The van der Waals surface area contributed by atoms with Gasteiger partial charge in [-0.25, -0.2) is 0 Å². The van der Waals surface area contributed by atoms with Gasteiger partial charge in [-0.2, -0.15) is 0 Å². The van der Waals surface area contributed by atoms with Crippen molar-refractivity contribution >= 4 is 11.8 Å². The molecule has 1 aliphatic heterocycles. The van der Waals surface area contributed by atoms with Gasteiger partial charge in [-0.1, -0.05) is 0 Å². The number of rotatable bonds is 5. The lowest BCUT2D eigenvalue weighted by Gasteiger charge is -2.15. The molecule has 6 heteroatoms. The Labute approximate surface area is 118 Å². The fourth-order valence-electron chi connectivity index (χ4n) is 2.24. The van der Waals surface area contributed by atoms with Crippen LogP contribution in [0.1, 0.15) is 35.3 Å². The van der Waals surface area contributed by atoms with Crippen molar-refractivity contribution in [2.24, 2.45) is 5.73 Å². The lowest BCUT2D eigenvalue weighted by Crippen LogP contribution is -2.32. The number of nitrogens with zero attached hydrogens (tertiary/aromatic N) is 2. The minimum atomic E-state index is -0.198. The van der Waals surface area contributed by atoms with Crippen LogP contribution in [0.2, 0.25) is 0 Å². The van der Waals surface area contributed by atoms with Crippen molar-refractivity contribution in [3.63, 3.8) is 0 Å². The monoisotopic (exact) mass is 276 g/mol. The summed E-state index contributed by atoms with van der Waals surface area (Å²) in [4.78, 5) is 29.6. The Kier molecular flexibility index (Phi) is 5.06. The highest BCUT2D eigenvalue weighted by atomic mass is 16.2. The zero-order chi connectivity index (χ0) is 14.4. The van der Waals surface area contributed by atoms with Crippen LogP contribution in [0.15, 0.2) is 18.3 Å². The fraction of sp³-hybridized carbons (Fsp3) is 0.500. The molecule has 0 spiro atoms. The molecule has 1 aliphatic rings. The van der Waals surface area contributed by atoms with Crippen molar-refractivity contribution in [2.75, 3.05) is 19.6 Å². The van der Waals surface area contributed by atoms with Crippen LogP contribution in [0.4, 0.5) is 0 Å². The molecular formula is C14H20N4O2. The number of pyridine rings is 1. The van der Waals surface area contributed by atoms with E-state index in [1.54, 1.807) is 18.3 Å². The number of nitrogens with two attached hydrogens (primary N) is 1. The molecule has 1 saturated heterocycles. The normalized spacial score (nSPS) is 14.3. The van der Waals surface area contributed by atoms with E-state index < -0.39 is 0 Å². The average molecular weight is 276 g/mol. The molecule has 20 heavy (non-hydrogen) atoms. The summed E-state index contributed by atoms with van der Waals surface area (Å²) in [6.45, 7) is 2.34. The maximum atomic E-state index is 11.9. The van der Waals surface area contributed by atoms with E-state index in [0.717, 1.165) is 25.9 Å². The van der Waals surface area contributed by atoms with Crippen LogP contribution in [-0.2, 0) is 11.3 Å². The summed E-state index contributed by atoms with van der Waals surface area (Å²) in [7, 11) is 0. The van der Waals surface area contributed by atoms with Gasteiger partial charge in [0.05, 0.1) is 5.69 Å². The van der Waals surface area contributed by atoms with Crippen LogP contribution >= 0.6 is 0 Å². The minimum Gasteiger partial charge on any atom is -0.352 e. The molecule has 0 aromatic carbocycles. The highest BCUT2D eigenvalue weighted by Crippen LogP contribution is 2.08. The molecule has 1 fully saturated rings. The van der Waals surface area contributed by atoms with Gasteiger partial charge in [0.25, 0.3) is 5.91 Å². The molecule has 6 nitrogen and oxygen atoms in total. The summed E-state index contributed by atoms with van der Waals surface area (Å²) < 4.78 is 0. The number of carbonyl (C=O) groups is 2. The number of amides is 2. The maximum Gasteiger partial charge on any atom is 0.251 e. The van der Waals surface area contributed by atoms with E-state index in [0.29, 0.717) is 30.8 Å². The second kappa shape index (κ2) is 7.00. The molecule has 3 N–H and O–H groups in total. The topological polar surface area (TPSA) is 88.3 Å². The predicted molar refractivity (Wildman–Crippen MR) is 74.9 cm³/mol. The van der Waals surface area contributed by atoms with E-state index in [1.165, 1.54) is 0 Å². The van der Waals surface area contributed by atoms with Crippen LogP contribution in [-0.4, -0.2) is 41.3 Å². The third-order valence-electron chi connectivity index (χ3n) is 3.37. The van der Waals surface area contributed by atoms with E-state index in [2.05, 4.69) is 10.3 Å². The molecule has 108 valence electrons. The zero-order valence-electron chi connectivity index (χ0n) is 11.5. The van der Waals surface area contributed by atoms with Crippen LogP contribution in [0.3, 0.4) is 0 Å². The standard InChI is InChI=1S/C14H20N4O2/c15-10-12-9-11(3-5-16-12)14(20)17-6-4-13(19)18-7-1-2-8-18/h3,5,9H,1-2,4,6-8,10,15H2,(H,17,20). The first kappa shape index (κ1) is 14.5. The van der Waals surface area contributed by atoms with Crippen molar-refractivity contribution in [1.29, 1.82) is 0 Å². The Bertz CT molecular complexity index is 484. The molecule has 1 aromatic heterocycles. The molecule has 0 unspecified atom stereocenters. The Hall–Kier alpha value is -1.95. The van der Waals surface area contributed by atoms with Crippen LogP contribution in [0, 0.1) is 0 Å². The molecule has 1 aromatic rings. The van der Waals surface area contributed by atoms with Crippen molar-refractivity contribution < 1.29 is 9.59 Å². The SMILES string of the molecule is NCc1cc(C(=O)NCCC(=O)N2CCCC2)ccn1. The molecule has 2 amide bonds. The summed E-state index contributed by atoms with van der Waals surface area (Å²) in [6.07, 6.45) is 4.07. The van der Waals surface area contributed by atoms with Gasteiger partial charge in [-0.05, 0) is 25.0 Å². The first-order valence-electron chi connectivity index (χ1n) is 6.91. The summed E-state index contributed by atoms with van der Waals surface area (Å²) in [5, 5.41) is 2.75. The van der Waals surface area contributed by atoms with Gasteiger partial charge in [-0.3, -0.25) is 14.6 Å². The van der Waals surface area contributed by atoms with Gasteiger partial charge in [-0.15, -0.1) is 0 Å². The lowest BCUT2D eigenvalue weighted by atomic mass is 10.2. The predicted octanol–water partition coefficient (Wildman–Crippen LogP) is 0.283. The van der Waals surface area contributed by atoms with E-state index >= 15 is 0 Å². The Morgan fingerprint density at radius 2 is 2.10 bits per heavy atom. The van der Waals surface area contributed by atoms with Crippen molar-refractivity contribution in [3.05, 3.63) is 29.6 Å². The molecule has 0 atom stereocenters. The third kappa shape index (κ3) is 3.77. The van der Waals surface area contributed by atoms with E-state index in [4.69, 9.17) is 5.73 Å². The van der Waals surface area contributed by atoms with Gasteiger partial charge >= 0.3 is 0 Å². The lowest BCUT2D eigenvalue weighted by molar-refractivity contribution is -0.129. The third-order valence-corrected chi connectivity index (χ3v) is 3.37. The van der Waals surface area contributed by atoms with Crippen LogP contribution < -0.4 is 11.1 Å². The summed E-state index contributed by atoms with van der Waals surface area (Å²) >= 11 is 0. The first-order valence-corrected chi connectivity index (χ1v) is 6.91. The second-order valence-corrected chi connectivity index (χ2v) is 4.83. The molecule has 0 radical (unpaired) electrons. The summed E-state index contributed by atoms with van der Waals surface area (Å²) in [5.74, 6) is -0.0866. The van der Waals surface area contributed by atoms with Crippen molar-refractivity contribution in [1.82, 2.24) is 15.2 Å². The average Bonchev–Trinajstić information content (AvgIpc) is 3.01. The maximum absolute atomic E-state index is 11.9. The largest absolute Gasteiger partial charge is 0.352 e.